The van der Waals surface area contributed by atoms with Crippen molar-refractivity contribution in [3.63, 3.8) is 0 Å². The molecule has 0 saturated heterocycles. The third-order valence-corrected chi connectivity index (χ3v) is 3.99. The Morgan fingerprint density at radius 1 is 0.731 bits per heavy atom. The van der Waals surface area contributed by atoms with Gasteiger partial charge in [-0.05, 0) is 30.3 Å². The molecule has 4 rings (SSSR count). The lowest BCUT2D eigenvalue weighted by molar-refractivity contribution is 0.629. The van der Waals surface area contributed by atoms with E-state index in [0.717, 1.165) is 11.3 Å². The van der Waals surface area contributed by atoms with Gasteiger partial charge in [0, 0.05) is 17.4 Å². The smallest absolute Gasteiger partial charge is 0.174 e. The van der Waals surface area contributed by atoms with Gasteiger partial charge in [-0.15, -0.1) is 0 Å². The standard InChI is InChI=1S/C22H16FN3/c23-21-20(25-17-11-5-2-6-12-17)15-19(16-9-3-1-4-10-16)26-22(21)18-13-7-8-14-24-18/h1-15H,(H,25,26). The first-order valence-corrected chi connectivity index (χ1v) is 8.31. The maximum absolute atomic E-state index is 15.2. The monoisotopic (exact) mass is 341 g/mol. The molecule has 0 saturated carbocycles. The molecule has 0 atom stereocenters. The van der Waals surface area contributed by atoms with Crippen molar-refractivity contribution in [1.29, 1.82) is 0 Å². The summed E-state index contributed by atoms with van der Waals surface area (Å²) in [6, 6.07) is 26.3. The zero-order chi connectivity index (χ0) is 17.8. The highest BCUT2D eigenvalue weighted by Gasteiger charge is 2.16. The Morgan fingerprint density at radius 2 is 1.42 bits per heavy atom. The predicted molar refractivity (Wildman–Crippen MR) is 103 cm³/mol. The predicted octanol–water partition coefficient (Wildman–Crippen LogP) is 5.69. The summed E-state index contributed by atoms with van der Waals surface area (Å²) in [6.45, 7) is 0. The minimum Gasteiger partial charge on any atom is -0.353 e. The summed E-state index contributed by atoms with van der Waals surface area (Å²) in [6.07, 6.45) is 1.63. The van der Waals surface area contributed by atoms with Crippen LogP contribution in [0.4, 0.5) is 15.8 Å². The molecule has 2 heterocycles. The second kappa shape index (κ2) is 7.15. The van der Waals surface area contributed by atoms with Crippen molar-refractivity contribution in [1.82, 2.24) is 9.97 Å². The van der Waals surface area contributed by atoms with Gasteiger partial charge < -0.3 is 5.32 Å². The molecule has 2 aromatic heterocycles. The first kappa shape index (κ1) is 16.0. The van der Waals surface area contributed by atoms with Crippen molar-refractivity contribution in [3.8, 4) is 22.6 Å². The number of hydrogen-bond acceptors (Lipinski definition) is 3. The van der Waals surface area contributed by atoms with E-state index in [-0.39, 0.29) is 5.69 Å². The highest BCUT2D eigenvalue weighted by atomic mass is 19.1. The van der Waals surface area contributed by atoms with Gasteiger partial charge in [-0.2, -0.15) is 0 Å². The average molecular weight is 341 g/mol. The van der Waals surface area contributed by atoms with Crippen molar-refractivity contribution in [2.75, 3.05) is 5.32 Å². The van der Waals surface area contributed by atoms with Gasteiger partial charge in [-0.3, -0.25) is 4.98 Å². The van der Waals surface area contributed by atoms with Crippen molar-refractivity contribution in [2.24, 2.45) is 0 Å². The molecule has 0 fully saturated rings. The fourth-order valence-electron chi connectivity index (χ4n) is 2.73. The molecular weight excluding hydrogens is 325 g/mol. The van der Waals surface area contributed by atoms with Gasteiger partial charge in [0.05, 0.1) is 17.1 Å². The largest absolute Gasteiger partial charge is 0.353 e. The van der Waals surface area contributed by atoms with Crippen LogP contribution in [0.5, 0.6) is 0 Å². The third-order valence-electron chi connectivity index (χ3n) is 3.99. The normalized spacial score (nSPS) is 10.5. The van der Waals surface area contributed by atoms with Crippen LogP contribution in [0.15, 0.2) is 91.1 Å². The number of benzene rings is 2. The average Bonchev–Trinajstić information content (AvgIpc) is 2.71. The maximum atomic E-state index is 15.2. The third kappa shape index (κ3) is 3.30. The number of aromatic nitrogens is 2. The fourth-order valence-corrected chi connectivity index (χ4v) is 2.73. The van der Waals surface area contributed by atoms with Gasteiger partial charge in [0.15, 0.2) is 5.82 Å². The molecule has 0 aliphatic carbocycles. The van der Waals surface area contributed by atoms with E-state index in [1.165, 1.54) is 0 Å². The molecule has 0 spiro atoms. The first-order valence-electron chi connectivity index (χ1n) is 8.31. The Labute approximate surface area is 151 Å². The van der Waals surface area contributed by atoms with E-state index in [1.54, 1.807) is 24.4 Å². The van der Waals surface area contributed by atoms with Gasteiger partial charge in [0.2, 0.25) is 0 Å². The highest BCUT2D eigenvalue weighted by Crippen LogP contribution is 2.31. The molecule has 3 nitrogen and oxygen atoms in total. The molecule has 0 unspecified atom stereocenters. The van der Waals surface area contributed by atoms with E-state index in [9.17, 15) is 0 Å². The number of anilines is 2. The van der Waals surface area contributed by atoms with Crippen molar-refractivity contribution in [3.05, 3.63) is 96.9 Å². The minimum absolute atomic E-state index is 0.227. The number of halogens is 1. The van der Waals surface area contributed by atoms with Gasteiger partial charge in [-0.1, -0.05) is 54.6 Å². The number of nitrogens with zero attached hydrogens (tertiary/aromatic N) is 2. The molecule has 0 radical (unpaired) electrons. The summed E-state index contributed by atoms with van der Waals surface area (Å²) < 4.78 is 15.2. The Hall–Kier alpha value is -3.53. The molecule has 4 heteroatoms. The second-order valence-electron chi connectivity index (χ2n) is 5.79. The van der Waals surface area contributed by atoms with E-state index < -0.39 is 5.82 Å². The summed E-state index contributed by atoms with van der Waals surface area (Å²) in [5.74, 6) is -0.424. The summed E-state index contributed by atoms with van der Waals surface area (Å²) >= 11 is 0. The lowest BCUT2D eigenvalue weighted by atomic mass is 10.1. The van der Waals surface area contributed by atoms with E-state index in [4.69, 9.17) is 0 Å². The van der Waals surface area contributed by atoms with Gasteiger partial charge in [0.1, 0.15) is 5.69 Å². The molecule has 26 heavy (non-hydrogen) atoms. The van der Waals surface area contributed by atoms with Gasteiger partial charge >= 0.3 is 0 Å². The highest BCUT2D eigenvalue weighted by molar-refractivity contribution is 5.74. The number of rotatable bonds is 4. The summed E-state index contributed by atoms with van der Waals surface area (Å²) in [5.41, 5.74) is 3.51. The Balaban J connectivity index is 1.87. The molecule has 126 valence electrons. The van der Waals surface area contributed by atoms with Crippen LogP contribution < -0.4 is 5.32 Å². The molecule has 1 N–H and O–H groups in total. The molecule has 0 aliphatic heterocycles. The Bertz CT molecular complexity index is 1000. The fraction of sp³-hybridized carbons (Fsp3) is 0. The molecular formula is C22H16FN3. The topological polar surface area (TPSA) is 37.8 Å². The van der Waals surface area contributed by atoms with E-state index in [0.29, 0.717) is 17.1 Å². The minimum atomic E-state index is -0.424. The lowest BCUT2D eigenvalue weighted by Crippen LogP contribution is -2.01. The summed E-state index contributed by atoms with van der Waals surface area (Å²) in [7, 11) is 0. The van der Waals surface area contributed by atoms with E-state index in [2.05, 4.69) is 15.3 Å². The molecule has 2 aromatic carbocycles. The molecule has 0 bridgehead atoms. The zero-order valence-corrected chi connectivity index (χ0v) is 13.9. The van der Waals surface area contributed by atoms with Crippen LogP contribution in [0.1, 0.15) is 0 Å². The van der Waals surface area contributed by atoms with Crippen LogP contribution in [0.25, 0.3) is 22.6 Å². The van der Waals surface area contributed by atoms with E-state index in [1.807, 2.05) is 66.7 Å². The Morgan fingerprint density at radius 3 is 2.12 bits per heavy atom. The zero-order valence-electron chi connectivity index (χ0n) is 13.9. The van der Waals surface area contributed by atoms with Crippen LogP contribution in [-0.2, 0) is 0 Å². The van der Waals surface area contributed by atoms with Crippen LogP contribution >= 0.6 is 0 Å². The lowest BCUT2D eigenvalue weighted by Gasteiger charge is -2.13. The van der Waals surface area contributed by atoms with Crippen molar-refractivity contribution in [2.45, 2.75) is 0 Å². The number of nitrogens with one attached hydrogen (secondary N) is 1. The number of pyridine rings is 2. The molecule has 0 amide bonds. The van der Waals surface area contributed by atoms with Crippen LogP contribution in [0, 0.1) is 5.82 Å². The maximum Gasteiger partial charge on any atom is 0.174 e. The SMILES string of the molecule is Fc1c(Nc2ccccc2)cc(-c2ccccc2)nc1-c1ccccn1. The number of para-hydroxylation sites is 1. The van der Waals surface area contributed by atoms with Crippen molar-refractivity contribution >= 4 is 11.4 Å². The molecule has 4 aromatic rings. The number of hydrogen-bond donors (Lipinski definition) is 1. The van der Waals surface area contributed by atoms with Crippen LogP contribution in [0.3, 0.4) is 0 Å². The Kier molecular flexibility index (Phi) is 4.39. The van der Waals surface area contributed by atoms with E-state index >= 15 is 4.39 Å². The van der Waals surface area contributed by atoms with Crippen LogP contribution in [-0.4, -0.2) is 9.97 Å². The van der Waals surface area contributed by atoms with Gasteiger partial charge in [0.25, 0.3) is 0 Å². The van der Waals surface area contributed by atoms with Gasteiger partial charge in [-0.25, -0.2) is 9.37 Å². The summed E-state index contributed by atoms with van der Waals surface area (Å²) in [4.78, 5) is 8.80. The summed E-state index contributed by atoms with van der Waals surface area (Å²) in [5, 5.41) is 3.15. The second-order valence-corrected chi connectivity index (χ2v) is 5.79. The first-order chi connectivity index (χ1) is 12.8. The quantitative estimate of drug-likeness (QED) is 0.518. The van der Waals surface area contributed by atoms with Crippen molar-refractivity contribution < 1.29 is 4.39 Å². The van der Waals surface area contributed by atoms with Crippen LogP contribution in [0.2, 0.25) is 0 Å². The molecule has 0 aliphatic rings.